The summed E-state index contributed by atoms with van der Waals surface area (Å²) >= 11 is 0. The van der Waals surface area contributed by atoms with Gasteiger partial charge in [0.25, 0.3) is 0 Å². The Morgan fingerprint density at radius 1 is 1.07 bits per heavy atom. The molecule has 1 aromatic carbocycles. The second-order valence-corrected chi connectivity index (χ2v) is 7.43. The van der Waals surface area contributed by atoms with Gasteiger partial charge < -0.3 is 10.1 Å². The average Bonchev–Trinajstić information content (AvgIpc) is 2.68. The van der Waals surface area contributed by atoms with Gasteiger partial charge in [0.1, 0.15) is 12.4 Å². The molecule has 1 saturated carbocycles. The number of nitrogens with one attached hydrogen (secondary N) is 1. The molecule has 1 aliphatic heterocycles. The number of ether oxygens (including phenoxy) is 1. The summed E-state index contributed by atoms with van der Waals surface area (Å²) in [5, 5.41) is 3.09. The van der Waals surface area contributed by atoms with Gasteiger partial charge in [-0.1, -0.05) is 37.5 Å². The molecule has 4 rings (SSSR count). The number of aromatic nitrogens is 1. The lowest BCUT2D eigenvalue weighted by atomic mass is 9.89. The number of carbonyl (C=O) groups is 1. The zero-order chi connectivity index (χ0) is 18.5. The lowest BCUT2D eigenvalue weighted by Gasteiger charge is -2.46. The van der Waals surface area contributed by atoms with Gasteiger partial charge in [-0.25, -0.2) is 0 Å². The lowest BCUT2D eigenvalue weighted by Crippen LogP contribution is -2.58. The monoisotopic (exact) mass is 365 g/mol. The van der Waals surface area contributed by atoms with E-state index < -0.39 is 0 Å². The van der Waals surface area contributed by atoms with E-state index in [-0.39, 0.29) is 11.9 Å². The molecule has 2 heterocycles. The molecule has 1 atom stereocenters. The normalized spacial score (nSPS) is 20.7. The third-order valence-corrected chi connectivity index (χ3v) is 5.65. The van der Waals surface area contributed by atoms with E-state index in [9.17, 15) is 4.79 Å². The van der Waals surface area contributed by atoms with E-state index in [0.29, 0.717) is 18.4 Å². The van der Waals surface area contributed by atoms with Crippen LogP contribution < -0.4 is 10.1 Å². The molecular formula is C22H27N3O2. The number of likely N-dealkylation sites (tertiary alicyclic amines) is 1. The topological polar surface area (TPSA) is 54.5 Å². The summed E-state index contributed by atoms with van der Waals surface area (Å²) in [6.45, 7) is 1.42. The third-order valence-electron chi connectivity index (χ3n) is 5.65. The summed E-state index contributed by atoms with van der Waals surface area (Å²) in [5.41, 5.74) is 1.59. The standard InChI is InChI=1S/C22H27N3O2/c26-22(20-13-15-25(20)18-9-2-1-3-10-18)24-19-11-4-5-12-21(19)27-16-17-8-6-7-14-23-17/h4-8,11-12,14,18,20H,1-3,9-10,13,15-16H2,(H,24,26)/t20-/m0/s1. The number of carbonyl (C=O) groups excluding carboxylic acids is 1. The molecule has 1 amide bonds. The molecule has 2 aromatic rings. The van der Waals surface area contributed by atoms with Crippen LogP contribution in [0.3, 0.4) is 0 Å². The van der Waals surface area contributed by atoms with Crippen LogP contribution in [0.1, 0.15) is 44.2 Å². The van der Waals surface area contributed by atoms with Crippen molar-refractivity contribution in [1.29, 1.82) is 0 Å². The van der Waals surface area contributed by atoms with Crippen LogP contribution in [0.4, 0.5) is 5.69 Å². The Kier molecular flexibility index (Phi) is 5.68. The molecule has 1 saturated heterocycles. The molecule has 0 radical (unpaired) electrons. The summed E-state index contributed by atoms with van der Waals surface area (Å²) in [6, 6.07) is 14.0. The molecule has 142 valence electrons. The largest absolute Gasteiger partial charge is 0.485 e. The molecule has 2 fully saturated rings. The molecule has 1 N–H and O–H groups in total. The Hall–Kier alpha value is -2.40. The number of anilines is 1. The average molecular weight is 365 g/mol. The molecule has 2 aliphatic rings. The van der Waals surface area contributed by atoms with Crippen LogP contribution in [0.25, 0.3) is 0 Å². The Morgan fingerprint density at radius 2 is 1.89 bits per heavy atom. The van der Waals surface area contributed by atoms with Gasteiger partial charge in [-0.05, 0) is 43.5 Å². The second-order valence-electron chi connectivity index (χ2n) is 7.43. The van der Waals surface area contributed by atoms with E-state index >= 15 is 0 Å². The Labute approximate surface area is 160 Å². The van der Waals surface area contributed by atoms with Crippen LogP contribution in [0.5, 0.6) is 5.75 Å². The van der Waals surface area contributed by atoms with Gasteiger partial charge in [-0.2, -0.15) is 0 Å². The molecule has 1 aromatic heterocycles. The van der Waals surface area contributed by atoms with Crippen LogP contribution in [-0.4, -0.2) is 34.4 Å². The fourth-order valence-electron chi connectivity index (χ4n) is 4.09. The predicted molar refractivity (Wildman–Crippen MR) is 106 cm³/mol. The quantitative estimate of drug-likeness (QED) is 0.840. The van der Waals surface area contributed by atoms with Gasteiger partial charge >= 0.3 is 0 Å². The number of benzene rings is 1. The smallest absolute Gasteiger partial charge is 0.241 e. The molecule has 5 heteroatoms. The molecule has 0 bridgehead atoms. The van der Waals surface area contributed by atoms with Crippen molar-refractivity contribution in [2.24, 2.45) is 0 Å². The summed E-state index contributed by atoms with van der Waals surface area (Å²) in [6.07, 6.45) is 9.07. The highest BCUT2D eigenvalue weighted by atomic mass is 16.5. The van der Waals surface area contributed by atoms with E-state index in [4.69, 9.17) is 4.74 Å². The second kappa shape index (κ2) is 8.53. The van der Waals surface area contributed by atoms with Gasteiger partial charge in [-0.3, -0.25) is 14.7 Å². The van der Waals surface area contributed by atoms with Crippen molar-refractivity contribution in [3.05, 3.63) is 54.4 Å². The van der Waals surface area contributed by atoms with E-state index in [2.05, 4.69) is 15.2 Å². The number of hydrogen-bond donors (Lipinski definition) is 1. The fraction of sp³-hybridized carbons (Fsp3) is 0.455. The molecule has 5 nitrogen and oxygen atoms in total. The zero-order valence-corrected chi connectivity index (χ0v) is 15.6. The Bertz CT molecular complexity index is 759. The number of rotatable bonds is 6. The van der Waals surface area contributed by atoms with Gasteiger partial charge in [0.2, 0.25) is 5.91 Å². The molecule has 27 heavy (non-hydrogen) atoms. The van der Waals surface area contributed by atoms with Crippen molar-refractivity contribution in [3.63, 3.8) is 0 Å². The van der Waals surface area contributed by atoms with Gasteiger partial charge in [0, 0.05) is 18.8 Å². The van der Waals surface area contributed by atoms with Crippen LogP contribution in [0.2, 0.25) is 0 Å². The first-order chi connectivity index (χ1) is 13.3. The molecular weight excluding hydrogens is 338 g/mol. The van der Waals surface area contributed by atoms with E-state index in [0.717, 1.165) is 24.3 Å². The van der Waals surface area contributed by atoms with Crippen molar-refractivity contribution in [1.82, 2.24) is 9.88 Å². The number of hydrogen-bond acceptors (Lipinski definition) is 4. The van der Waals surface area contributed by atoms with E-state index in [1.54, 1.807) is 6.20 Å². The van der Waals surface area contributed by atoms with Crippen molar-refractivity contribution in [3.8, 4) is 5.75 Å². The maximum Gasteiger partial charge on any atom is 0.241 e. The number of nitrogens with zero attached hydrogens (tertiary/aromatic N) is 2. The predicted octanol–water partition coefficient (Wildman–Crippen LogP) is 4.01. The number of amides is 1. The SMILES string of the molecule is O=C(Nc1ccccc1OCc1ccccn1)[C@@H]1CCN1C1CCCCC1. The van der Waals surface area contributed by atoms with E-state index in [1.165, 1.54) is 32.1 Å². The maximum absolute atomic E-state index is 12.9. The van der Waals surface area contributed by atoms with Gasteiger partial charge in [0.15, 0.2) is 0 Å². The first kappa shape index (κ1) is 18.0. The first-order valence-electron chi connectivity index (χ1n) is 9.99. The summed E-state index contributed by atoms with van der Waals surface area (Å²) in [4.78, 5) is 19.5. The number of pyridine rings is 1. The highest BCUT2D eigenvalue weighted by Gasteiger charge is 2.39. The summed E-state index contributed by atoms with van der Waals surface area (Å²) < 4.78 is 5.91. The summed E-state index contributed by atoms with van der Waals surface area (Å²) in [7, 11) is 0. The van der Waals surface area contributed by atoms with Gasteiger partial charge in [0.05, 0.1) is 17.4 Å². The first-order valence-corrected chi connectivity index (χ1v) is 9.99. The highest BCUT2D eigenvalue weighted by Crippen LogP contribution is 2.31. The third kappa shape index (κ3) is 4.30. The van der Waals surface area contributed by atoms with Crippen molar-refractivity contribution in [2.75, 3.05) is 11.9 Å². The van der Waals surface area contributed by atoms with Crippen LogP contribution >= 0.6 is 0 Å². The van der Waals surface area contributed by atoms with Crippen molar-refractivity contribution in [2.45, 2.75) is 57.2 Å². The molecule has 0 spiro atoms. The minimum Gasteiger partial charge on any atom is -0.485 e. The van der Waals surface area contributed by atoms with Crippen LogP contribution in [0, 0.1) is 0 Å². The van der Waals surface area contributed by atoms with Crippen LogP contribution in [-0.2, 0) is 11.4 Å². The highest BCUT2D eigenvalue weighted by molar-refractivity contribution is 5.96. The Balaban J connectivity index is 1.38. The minimum atomic E-state index is -0.00283. The number of para-hydroxylation sites is 2. The minimum absolute atomic E-state index is 0.00283. The maximum atomic E-state index is 12.9. The fourth-order valence-corrected chi connectivity index (χ4v) is 4.09. The van der Waals surface area contributed by atoms with Crippen molar-refractivity contribution >= 4 is 11.6 Å². The van der Waals surface area contributed by atoms with E-state index in [1.807, 2.05) is 42.5 Å². The van der Waals surface area contributed by atoms with Crippen molar-refractivity contribution < 1.29 is 9.53 Å². The molecule has 1 aliphatic carbocycles. The molecule has 0 unspecified atom stereocenters. The van der Waals surface area contributed by atoms with Gasteiger partial charge in [-0.15, -0.1) is 0 Å². The lowest BCUT2D eigenvalue weighted by molar-refractivity contribution is -0.128. The summed E-state index contributed by atoms with van der Waals surface area (Å²) in [5.74, 6) is 0.765. The van der Waals surface area contributed by atoms with Crippen LogP contribution in [0.15, 0.2) is 48.7 Å². The zero-order valence-electron chi connectivity index (χ0n) is 15.6. The Morgan fingerprint density at radius 3 is 2.63 bits per heavy atom.